The van der Waals surface area contributed by atoms with Crippen molar-refractivity contribution in [3.8, 4) is 5.75 Å². The van der Waals surface area contributed by atoms with Crippen LogP contribution in [0.1, 0.15) is 26.3 Å². The van der Waals surface area contributed by atoms with Crippen LogP contribution in [0.4, 0.5) is 5.69 Å². The Bertz CT molecular complexity index is 1410. The van der Waals surface area contributed by atoms with Crippen molar-refractivity contribution in [3.63, 3.8) is 0 Å². The molecule has 0 aliphatic heterocycles. The summed E-state index contributed by atoms with van der Waals surface area (Å²) in [6.45, 7) is 5.49. The molecule has 2 amide bonds. The molecule has 0 spiro atoms. The molecule has 0 bridgehead atoms. The largest absolute Gasteiger partial charge is 0.497 e. The predicted octanol–water partition coefficient (Wildman–Crippen LogP) is 5.39. The number of carbonyl (C=O) groups is 2. The van der Waals surface area contributed by atoms with Crippen LogP contribution in [0.15, 0.2) is 77.7 Å². The van der Waals surface area contributed by atoms with Crippen molar-refractivity contribution in [2.24, 2.45) is 5.92 Å². The maximum absolute atomic E-state index is 13.9. The van der Waals surface area contributed by atoms with Crippen molar-refractivity contribution in [2.75, 3.05) is 24.5 Å². The van der Waals surface area contributed by atoms with Gasteiger partial charge in [-0.3, -0.25) is 13.9 Å². The monoisotopic (exact) mass is 605 g/mol. The molecular formula is C29H33Cl2N3O5S. The van der Waals surface area contributed by atoms with Gasteiger partial charge in [0, 0.05) is 23.1 Å². The zero-order valence-electron chi connectivity index (χ0n) is 22.8. The van der Waals surface area contributed by atoms with Gasteiger partial charge in [0.1, 0.15) is 18.3 Å². The van der Waals surface area contributed by atoms with Gasteiger partial charge in [0.15, 0.2) is 0 Å². The maximum Gasteiger partial charge on any atom is 0.264 e. The van der Waals surface area contributed by atoms with Crippen molar-refractivity contribution in [3.05, 3.63) is 88.4 Å². The summed E-state index contributed by atoms with van der Waals surface area (Å²) < 4.78 is 33.9. The molecule has 3 rings (SSSR count). The van der Waals surface area contributed by atoms with Gasteiger partial charge in [-0.25, -0.2) is 8.42 Å². The molecule has 3 aromatic carbocycles. The van der Waals surface area contributed by atoms with Gasteiger partial charge >= 0.3 is 0 Å². The van der Waals surface area contributed by atoms with Crippen LogP contribution in [0.5, 0.6) is 5.75 Å². The van der Waals surface area contributed by atoms with Crippen LogP contribution >= 0.6 is 23.2 Å². The molecule has 214 valence electrons. The number of sulfonamides is 1. The number of carbonyl (C=O) groups excluding carboxylic acids is 2. The van der Waals surface area contributed by atoms with Crippen LogP contribution in [0, 0.1) is 5.92 Å². The molecule has 8 nitrogen and oxygen atoms in total. The highest BCUT2D eigenvalue weighted by Crippen LogP contribution is 2.28. The first-order valence-electron chi connectivity index (χ1n) is 12.7. The lowest BCUT2D eigenvalue weighted by molar-refractivity contribution is -0.139. The molecule has 0 aliphatic carbocycles. The number of anilines is 1. The van der Waals surface area contributed by atoms with E-state index in [-0.39, 0.29) is 29.0 Å². The number of methoxy groups -OCH3 is 1. The quantitative estimate of drug-likeness (QED) is 0.299. The zero-order chi connectivity index (χ0) is 29.4. The van der Waals surface area contributed by atoms with Gasteiger partial charge in [-0.2, -0.15) is 0 Å². The lowest BCUT2D eigenvalue weighted by Crippen LogP contribution is -2.51. The summed E-state index contributed by atoms with van der Waals surface area (Å²) in [6, 6.07) is 18.1. The SMILES string of the molecule is COc1ccc(S(=O)(=O)N(CC(=O)N(Cc2ccc(Cl)cc2)[C@H](C)C(=O)NCC(C)C)c2cccc(Cl)c2)cc1. The summed E-state index contributed by atoms with van der Waals surface area (Å²) in [6.07, 6.45) is 0. The first-order chi connectivity index (χ1) is 18.9. The number of benzene rings is 3. The smallest absolute Gasteiger partial charge is 0.264 e. The van der Waals surface area contributed by atoms with Crippen LogP contribution in [0.25, 0.3) is 0 Å². The lowest BCUT2D eigenvalue weighted by Gasteiger charge is -2.32. The summed E-state index contributed by atoms with van der Waals surface area (Å²) in [7, 11) is -2.74. The molecule has 0 fully saturated rings. The normalized spacial score (nSPS) is 12.1. The van der Waals surface area contributed by atoms with E-state index in [1.54, 1.807) is 49.4 Å². The van der Waals surface area contributed by atoms with E-state index in [2.05, 4.69) is 5.32 Å². The molecule has 0 aliphatic rings. The van der Waals surface area contributed by atoms with Gasteiger partial charge in [0.2, 0.25) is 11.8 Å². The summed E-state index contributed by atoms with van der Waals surface area (Å²) in [5.74, 6) is -0.216. The highest BCUT2D eigenvalue weighted by molar-refractivity contribution is 7.92. The van der Waals surface area contributed by atoms with Gasteiger partial charge in [0.25, 0.3) is 10.0 Å². The van der Waals surface area contributed by atoms with E-state index in [9.17, 15) is 18.0 Å². The Balaban J connectivity index is 2.01. The Hall–Kier alpha value is -3.27. The number of halogens is 2. The first-order valence-corrected chi connectivity index (χ1v) is 14.9. The van der Waals surface area contributed by atoms with Crippen molar-refractivity contribution in [1.82, 2.24) is 10.2 Å². The fourth-order valence-electron chi connectivity index (χ4n) is 3.86. The standard InChI is InChI=1S/C29H33Cl2N3O5S/c1-20(2)17-32-29(36)21(3)33(18-22-8-10-23(30)11-9-22)28(35)19-34(25-7-5-6-24(31)16-25)40(37,38)27-14-12-26(39-4)13-15-27/h5-16,20-21H,17-19H2,1-4H3,(H,32,36)/t21-/m1/s1. The van der Waals surface area contributed by atoms with Crippen molar-refractivity contribution >= 4 is 50.7 Å². The van der Waals surface area contributed by atoms with Crippen molar-refractivity contribution < 1.29 is 22.7 Å². The zero-order valence-corrected chi connectivity index (χ0v) is 25.1. The topological polar surface area (TPSA) is 96.0 Å². The summed E-state index contributed by atoms with van der Waals surface area (Å²) >= 11 is 12.2. The molecule has 1 atom stereocenters. The minimum atomic E-state index is -4.22. The molecule has 0 aromatic heterocycles. The number of amides is 2. The number of nitrogens with one attached hydrogen (secondary N) is 1. The van der Waals surface area contributed by atoms with Crippen molar-refractivity contribution in [1.29, 1.82) is 0 Å². The van der Waals surface area contributed by atoms with E-state index < -0.39 is 28.5 Å². The van der Waals surface area contributed by atoms with Crippen LogP contribution in [-0.2, 0) is 26.2 Å². The Morgan fingerprint density at radius 1 is 0.925 bits per heavy atom. The van der Waals surface area contributed by atoms with E-state index in [0.717, 1.165) is 9.87 Å². The third-order valence-electron chi connectivity index (χ3n) is 6.14. The average Bonchev–Trinajstić information content (AvgIpc) is 2.93. The fourth-order valence-corrected chi connectivity index (χ4v) is 5.57. The van der Waals surface area contributed by atoms with E-state index in [1.807, 2.05) is 13.8 Å². The summed E-state index contributed by atoms with van der Waals surface area (Å²) in [4.78, 5) is 28.3. The molecule has 1 N–H and O–H groups in total. The second-order valence-corrected chi connectivity index (χ2v) is 12.4. The van der Waals surface area contributed by atoms with Crippen LogP contribution in [0.2, 0.25) is 10.0 Å². The Morgan fingerprint density at radius 3 is 2.15 bits per heavy atom. The molecule has 0 saturated carbocycles. The maximum atomic E-state index is 13.9. The fraction of sp³-hybridized carbons (Fsp3) is 0.310. The van der Waals surface area contributed by atoms with E-state index in [1.165, 1.54) is 42.3 Å². The molecule has 0 unspecified atom stereocenters. The molecule has 3 aromatic rings. The van der Waals surface area contributed by atoms with Crippen LogP contribution in [0.3, 0.4) is 0 Å². The van der Waals surface area contributed by atoms with E-state index in [0.29, 0.717) is 22.3 Å². The highest BCUT2D eigenvalue weighted by atomic mass is 35.5. The minimum Gasteiger partial charge on any atom is -0.497 e. The van der Waals surface area contributed by atoms with Gasteiger partial charge in [0.05, 0.1) is 17.7 Å². The third-order valence-corrected chi connectivity index (χ3v) is 8.42. The van der Waals surface area contributed by atoms with Crippen LogP contribution in [-0.4, -0.2) is 51.4 Å². The average molecular weight is 607 g/mol. The lowest BCUT2D eigenvalue weighted by atomic mass is 10.1. The number of rotatable bonds is 12. The Labute approximate surface area is 245 Å². The second-order valence-electron chi connectivity index (χ2n) is 9.63. The summed E-state index contributed by atoms with van der Waals surface area (Å²) in [5.41, 5.74) is 0.939. The van der Waals surface area contributed by atoms with E-state index in [4.69, 9.17) is 27.9 Å². The predicted molar refractivity (Wildman–Crippen MR) is 158 cm³/mol. The second kappa shape index (κ2) is 13.9. The van der Waals surface area contributed by atoms with Crippen molar-refractivity contribution in [2.45, 2.75) is 38.3 Å². The van der Waals surface area contributed by atoms with E-state index >= 15 is 0 Å². The molecular weight excluding hydrogens is 573 g/mol. The Morgan fingerprint density at radius 2 is 1.57 bits per heavy atom. The highest BCUT2D eigenvalue weighted by Gasteiger charge is 2.32. The Kier molecular flexibility index (Phi) is 10.8. The molecule has 11 heteroatoms. The first kappa shape index (κ1) is 31.3. The number of hydrogen-bond acceptors (Lipinski definition) is 5. The number of nitrogens with zero attached hydrogens (tertiary/aromatic N) is 2. The van der Waals surface area contributed by atoms with Gasteiger partial charge in [-0.1, -0.05) is 55.2 Å². The molecule has 0 radical (unpaired) electrons. The van der Waals surface area contributed by atoms with Gasteiger partial charge in [-0.05, 0) is 73.0 Å². The molecule has 0 saturated heterocycles. The third kappa shape index (κ3) is 8.13. The van der Waals surface area contributed by atoms with Gasteiger partial charge < -0.3 is 15.0 Å². The van der Waals surface area contributed by atoms with Crippen LogP contribution < -0.4 is 14.4 Å². The number of hydrogen-bond donors (Lipinski definition) is 1. The molecule has 0 heterocycles. The summed E-state index contributed by atoms with van der Waals surface area (Å²) in [5, 5.41) is 3.69. The molecule has 40 heavy (non-hydrogen) atoms. The minimum absolute atomic E-state index is 0.0342. The number of ether oxygens (including phenoxy) is 1. The van der Waals surface area contributed by atoms with Gasteiger partial charge in [-0.15, -0.1) is 0 Å².